The fourth-order valence-electron chi connectivity index (χ4n) is 1.41. The molecule has 0 aliphatic carbocycles. The molecule has 0 bridgehead atoms. The number of hydrazine groups is 1. The Kier molecular flexibility index (Phi) is 3.75. The largest absolute Gasteiger partial charge is 0.378 e. The van der Waals surface area contributed by atoms with Crippen molar-refractivity contribution in [1.29, 1.82) is 0 Å². The van der Waals surface area contributed by atoms with Crippen LogP contribution in [0.2, 0.25) is 0 Å². The zero-order valence-corrected chi connectivity index (χ0v) is 9.83. The third kappa shape index (κ3) is 2.52. The average molecular weight is 242 g/mol. The molecule has 2 heterocycles. The molecule has 0 unspecified atom stereocenters. The molecule has 1 fully saturated rings. The van der Waals surface area contributed by atoms with Gasteiger partial charge in [-0.25, -0.2) is 5.84 Å². The van der Waals surface area contributed by atoms with Gasteiger partial charge in [-0.3, -0.25) is 5.43 Å². The Morgan fingerprint density at radius 3 is 2.69 bits per heavy atom. The van der Waals surface area contributed by atoms with E-state index in [1.807, 2.05) is 6.26 Å². The van der Waals surface area contributed by atoms with Crippen LogP contribution >= 0.6 is 11.8 Å². The maximum absolute atomic E-state index is 5.32. The highest BCUT2D eigenvalue weighted by Crippen LogP contribution is 2.16. The van der Waals surface area contributed by atoms with E-state index in [0.717, 1.165) is 13.1 Å². The van der Waals surface area contributed by atoms with Gasteiger partial charge >= 0.3 is 0 Å². The fourth-order valence-corrected chi connectivity index (χ4v) is 1.76. The molecular weight excluding hydrogens is 228 g/mol. The summed E-state index contributed by atoms with van der Waals surface area (Å²) in [5.74, 6) is 6.35. The number of anilines is 2. The Morgan fingerprint density at radius 1 is 1.31 bits per heavy atom. The summed E-state index contributed by atoms with van der Waals surface area (Å²) in [6.45, 7) is 2.99. The minimum atomic E-state index is 0.390. The van der Waals surface area contributed by atoms with Crippen molar-refractivity contribution in [2.45, 2.75) is 5.16 Å². The minimum absolute atomic E-state index is 0.390. The van der Waals surface area contributed by atoms with Crippen LogP contribution in [0, 0.1) is 0 Å². The standard InChI is InChI=1S/C8H14N6OS/c1-16-8-11-6(13-9)10-7(12-8)14-2-4-15-5-3-14/h2-5,9H2,1H3,(H,10,11,12,13). The van der Waals surface area contributed by atoms with Crippen LogP contribution < -0.4 is 16.2 Å². The molecule has 2 rings (SSSR count). The summed E-state index contributed by atoms with van der Waals surface area (Å²) in [5, 5.41) is 0.657. The molecular formula is C8H14N6OS. The van der Waals surface area contributed by atoms with Gasteiger partial charge in [0.05, 0.1) is 13.2 Å². The average Bonchev–Trinajstić information content (AvgIpc) is 2.39. The molecule has 0 radical (unpaired) electrons. The first-order valence-electron chi connectivity index (χ1n) is 4.93. The first kappa shape index (κ1) is 11.4. The van der Waals surface area contributed by atoms with E-state index in [0.29, 0.717) is 30.3 Å². The van der Waals surface area contributed by atoms with Gasteiger partial charge in [0.1, 0.15) is 0 Å². The monoisotopic (exact) mass is 242 g/mol. The summed E-state index contributed by atoms with van der Waals surface area (Å²) >= 11 is 1.46. The van der Waals surface area contributed by atoms with Gasteiger partial charge in [-0.1, -0.05) is 11.8 Å². The smallest absolute Gasteiger partial charge is 0.242 e. The number of nitrogens with zero attached hydrogens (tertiary/aromatic N) is 4. The number of thioether (sulfide) groups is 1. The third-order valence-corrected chi connectivity index (χ3v) is 2.76. The maximum Gasteiger partial charge on any atom is 0.242 e. The van der Waals surface area contributed by atoms with Crippen molar-refractivity contribution < 1.29 is 4.74 Å². The highest BCUT2D eigenvalue weighted by molar-refractivity contribution is 7.98. The molecule has 0 amide bonds. The molecule has 1 aromatic heterocycles. The number of nitrogens with two attached hydrogens (primary N) is 1. The van der Waals surface area contributed by atoms with E-state index in [-0.39, 0.29) is 0 Å². The molecule has 3 N–H and O–H groups in total. The SMILES string of the molecule is CSc1nc(NN)nc(N2CCOCC2)n1. The van der Waals surface area contributed by atoms with Crippen molar-refractivity contribution in [3.63, 3.8) is 0 Å². The molecule has 1 saturated heterocycles. The van der Waals surface area contributed by atoms with Crippen LogP contribution in [0.15, 0.2) is 5.16 Å². The molecule has 0 atom stereocenters. The van der Waals surface area contributed by atoms with E-state index in [1.165, 1.54) is 11.8 Å². The molecule has 1 aliphatic heterocycles. The molecule has 0 saturated carbocycles. The first-order chi connectivity index (χ1) is 7.83. The van der Waals surface area contributed by atoms with Gasteiger partial charge in [-0.15, -0.1) is 0 Å². The lowest BCUT2D eigenvalue weighted by Gasteiger charge is -2.26. The Bertz CT molecular complexity index is 334. The van der Waals surface area contributed by atoms with Gasteiger partial charge in [-0.05, 0) is 6.26 Å². The van der Waals surface area contributed by atoms with Crippen molar-refractivity contribution in [3.05, 3.63) is 0 Å². The molecule has 0 spiro atoms. The lowest BCUT2D eigenvalue weighted by atomic mass is 10.4. The maximum atomic E-state index is 5.32. The van der Waals surface area contributed by atoms with Crippen LogP contribution in [-0.2, 0) is 4.74 Å². The second-order valence-corrected chi connectivity index (χ2v) is 3.96. The summed E-state index contributed by atoms with van der Waals surface area (Å²) < 4.78 is 5.28. The predicted octanol–water partition coefficient (Wildman–Crippen LogP) is -0.284. The highest BCUT2D eigenvalue weighted by atomic mass is 32.2. The zero-order chi connectivity index (χ0) is 11.4. The Morgan fingerprint density at radius 2 is 2.06 bits per heavy atom. The van der Waals surface area contributed by atoms with Gasteiger partial charge in [0.2, 0.25) is 11.9 Å². The van der Waals surface area contributed by atoms with Crippen molar-refractivity contribution >= 4 is 23.7 Å². The van der Waals surface area contributed by atoms with Crippen molar-refractivity contribution in [3.8, 4) is 0 Å². The van der Waals surface area contributed by atoms with Crippen LogP contribution in [0.3, 0.4) is 0 Å². The molecule has 8 heteroatoms. The highest BCUT2D eigenvalue weighted by Gasteiger charge is 2.15. The summed E-state index contributed by atoms with van der Waals surface area (Å²) in [6.07, 6.45) is 1.92. The number of rotatable bonds is 3. The van der Waals surface area contributed by atoms with Crippen LogP contribution in [0.4, 0.5) is 11.9 Å². The third-order valence-electron chi connectivity index (χ3n) is 2.21. The molecule has 16 heavy (non-hydrogen) atoms. The van der Waals surface area contributed by atoms with E-state index < -0.39 is 0 Å². The number of ether oxygens (including phenoxy) is 1. The van der Waals surface area contributed by atoms with Crippen LogP contribution in [0.1, 0.15) is 0 Å². The number of aromatic nitrogens is 3. The lowest BCUT2D eigenvalue weighted by molar-refractivity contribution is 0.122. The Hall–Kier alpha value is -1.12. The van der Waals surface area contributed by atoms with Gasteiger partial charge in [0.15, 0.2) is 5.16 Å². The first-order valence-corrected chi connectivity index (χ1v) is 6.15. The van der Waals surface area contributed by atoms with Crippen molar-refractivity contribution in [1.82, 2.24) is 15.0 Å². The second-order valence-electron chi connectivity index (χ2n) is 3.19. The van der Waals surface area contributed by atoms with Crippen LogP contribution in [0.25, 0.3) is 0 Å². The van der Waals surface area contributed by atoms with Crippen LogP contribution in [0.5, 0.6) is 0 Å². The molecule has 0 aromatic carbocycles. The molecule has 7 nitrogen and oxygen atoms in total. The van der Waals surface area contributed by atoms with Crippen molar-refractivity contribution in [2.75, 3.05) is 42.9 Å². The fraction of sp³-hybridized carbons (Fsp3) is 0.625. The Balaban J connectivity index is 2.24. The van der Waals surface area contributed by atoms with Gasteiger partial charge in [0, 0.05) is 13.1 Å². The summed E-state index contributed by atoms with van der Waals surface area (Å²) in [6, 6.07) is 0. The summed E-state index contributed by atoms with van der Waals surface area (Å²) in [4.78, 5) is 14.7. The minimum Gasteiger partial charge on any atom is -0.378 e. The van der Waals surface area contributed by atoms with E-state index >= 15 is 0 Å². The van der Waals surface area contributed by atoms with E-state index in [1.54, 1.807) is 0 Å². The second kappa shape index (κ2) is 5.28. The van der Waals surface area contributed by atoms with E-state index in [9.17, 15) is 0 Å². The lowest BCUT2D eigenvalue weighted by Crippen LogP contribution is -2.37. The quantitative estimate of drug-likeness (QED) is 0.425. The van der Waals surface area contributed by atoms with Crippen LogP contribution in [-0.4, -0.2) is 47.5 Å². The molecule has 1 aromatic rings. The summed E-state index contributed by atoms with van der Waals surface area (Å²) in [5.41, 5.74) is 2.45. The topological polar surface area (TPSA) is 89.2 Å². The van der Waals surface area contributed by atoms with E-state index in [2.05, 4.69) is 25.3 Å². The number of nitrogen functional groups attached to an aromatic ring is 1. The van der Waals surface area contributed by atoms with Gasteiger partial charge in [0.25, 0.3) is 0 Å². The zero-order valence-electron chi connectivity index (χ0n) is 9.01. The van der Waals surface area contributed by atoms with Gasteiger partial charge in [-0.2, -0.15) is 15.0 Å². The van der Waals surface area contributed by atoms with Crippen molar-refractivity contribution in [2.24, 2.45) is 5.84 Å². The predicted molar refractivity (Wildman–Crippen MR) is 62.5 cm³/mol. The Labute approximate surface area is 97.8 Å². The normalized spacial score (nSPS) is 16.2. The summed E-state index contributed by atoms with van der Waals surface area (Å²) in [7, 11) is 0. The van der Waals surface area contributed by atoms with Gasteiger partial charge < -0.3 is 9.64 Å². The number of morpholine rings is 1. The number of hydrogen-bond acceptors (Lipinski definition) is 8. The number of hydrogen-bond donors (Lipinski definition) is 2. The molecule has 88 valence electrons. The van der Waals surface area contributed by atoms with E-state index in [4.69, 9.17) is 10.6 Å². The molecule has 1 aliphatic rings. The number of nitrogens with one attached hydrogen (secondary N) is 1.